The Morgan fingerprint density at radius 2 is 1.75 bits per heavy atom. The molecule has 6 rings (SSSR count). The number of hydrogen-bond donors (Lipinski definition) is 1. The first-order valence-electron chi connectivity index (χ1n) is 11.2. The Morgan fingerprint density at radius 3 is 2.59 bits per heavy atom. The van der Waals surface area contributed by atoms with E-state index < -0.39 is 5.41 Å². The van der Waals surface area contributed by atoms with Crippen molar-refractivity contribution in [2.75, 3.05) is 19.0 Å². The monoisotopic (exact) mass is 426 g/mol. The summed E-state index contributed by atoms with van der Waals surface area (Å²) >= 11 is 0. The zero-order valence-corrected chi connectivity index (χ0v) is 18.0. The van der Waals surface area contributed by atoms with E-state index in [4.69, 9.17) is 9.47 Å². The molecule has 1 unspecified atom stereocenters. The summed E-state index contributed by atoms with van der Waals surface area (Å²) in [5, 5.41) is 3.73. The number of hydrogen-bond acceptors (Lipinski definition) is 4. The van der Waals surface area contributed by atoms with E-state index in [9.17, 15) is 4.79 Å². The number of ether oxygens (including phenoxy) is 2. The number of para-hydroxylation sites is 2. The van der Waals surface area contributed by atoms with Crippen molar-refractivity contribution < 1.29 is 14.3 Å². The summed E-state index contributed by atoms with van der Waals surface area (Å²) in [7, 11) is 1.69. The number of benzene rings is 3. The SMILES string of the molecule is COc1ccccc1C1Nc2ccccc2C[C@@]12C[C@@H]1CO[C@@H](c3ccccc3)N1C2=O. The Balaban J connectivity index is 1.47. The third kappa shape index (κ3) is 2.77. The van der Waals surface area contributed by atoms with Gasteiger partial charge in [-0.05, 0) is 30.5 Å². The average Bonchev–Trinajstić information content (AvgIpc) is 3.37. The smallest absolute Gasteiger partial charge is 0.234 e. The zero-order chi connectivity index (χ0) is 21.7. The molecule has 5 heteroatoms. The van der Waals surface area contributed by atoms with Gasteiger partial charge in [-0.2, -0.15) is 0 Å². The molecule has 32 heavy (non-hydrogen) atoms. The minimum absolute atomic E-state index is 0.0666. The molecule has 1 amide bonds. The van der Waals surface area contributed by atoms with Crippen molar-refractivity contribution in [3.63, 3.8) is 0 Å². The molecule has 3 aromatic rings. The van der Waals surface area contributed by atoms with Gasteiger partial charge < -0.3 is 19.7 Å². The van der Waals surface area contributed by atoms with Crippen LogP contribution in [0.25, 0.3) is 0 Å². The van der Waals surface area contributed by atoms with Crippen LogP contribution in [0.2, 0.25) is 0 Å². The third-order valence-corrected chi connectivity index (χ3v) is 7.26. The summed E-state index contributed by atoms with van der Waals surface area (Å²) in [5.74, 6) is 0.964. The van der Waals surface area contributed by atoms with E-state index in [1.807, 2.05) is 65.6 Å². The summed E-state index contributed by atoms with van der Waals surface area (Å²) in [4.78, 5) is 16.3. The molecule has 162 valence electrons. The highest BCUT2D eigenvalue weighted by Crippen LogP contribution is 2.57. The molecule has 0 aliphatic carbocycles. The van der Waals surface area contributed by atoms with Gasteiger partial charge in [-0.25, -0.2) is 0 Å². The van der Waals surface area contributed by atoms with Crippen LogP contribution in [-0.4, -0.2) is 30.6 Å². The Kier molecular flexibility index (Phi) is 4.47. The van der Waals surface area contributed by atoms with Gasteiger partial charge in [0.1, 0.15) is 5.75 Å². The molecule has 3 aliphatic heterocycles. The quantitative estimate of drug-likeness (QED) is 0.658. The van der Waals surface area contributed by atoms with Crippen LogP contribution >= 0.6 is 0 Å². The number of fused-ring (bicyclic) bond motifs is 2. The van der Waals surface area contributed by atoms with E-state index in [-0.39, 0.29) is 24.2 Å². The van der Waals surface area contributed by atoms with Crippen molar-refractivity contribution in [3.8, 4) is 5.75 Å². The molecule has 2 fully saturated rings. The molecule has 3 heterocycles. The standard InChI is InChI=1S/C27H26N2O3/c1-31-23-14-8-6-12-21(23)24-27(15-19-11-5-7-13-22(19)28-24)16-20-17-32-25(29(20)26(27)30)18-9-3-2-4-10-18/h2-14,20,24-25,28H,15-17H2,1H3/t20-,24?,25+,27-/m1/s1. The number of anilines is 1. The normalized spacial score (nSPS) is 28.3. The molecular weight excluding hydrogens is 400 g/mol. The molecule has 2 saturated heterocycles. The lowest BCUT2D eigenvalue weighted by atomic mass is 9.68. The molecule has 1 spiro atoms. The van der Waals surface area contributed by atoms with Crippen LogP contribution in [0.5, 0.6) is 5.75 Å². The predicted molar refractivity (Wildman–Crippen MR) is 122 cm³/mol. The highest BCUT2D eigenvalue weighted by molar-refractivity contribution is 5.89. The molecule has 3 aliphatic rings. The number of methoxy groups -OCH3 is 1. The Hall–Kier alpha value is -3.31. The largest absolute Gasteiger partial charge is 0.496 e. The summed E-state index contributed by atoms with van der Waals surface area (Å²) in [5.41, 5.74) is 3.73. The van der Waals surface area contributed by atoms with Gasteiger partial charge >= 0.3 is 0 Å². The topological polar surface area (TPSA) is 50.8 Å². The van der Waals surface area contributed by atoms with Crippen LogP contribution in [0.3, 0.4) is 0 Å². The molecule has 1 N–H and O–H groups in total. The lowest BCUT2D eigenvalue weighted by Gasteiger charge is -2.43. The van der Waals surface area contributed by atoms with E-state index in [1.165, 1.54) is 5.56 Å². The minimum atomic E-state index is -0.593. The summed E-state index contributed by atoms with van der Waals surface area (Å²) < 4.78 is 11.8. The maximum Gasteiger partial charge on any atom is 0.234 e. The number of carbonyl (C=O) groups is 1. The first-order valence-corrected chi connectivity index (χ1v) is 11.2. The number of rotatable bonds is 3. The van der Waals surface area contributed by atoms with Crippen molar-refractivity contribution in [1.82, 2.24) is 4.90 Å². The third-order valence-electron chi connectivity index (χ3n) is 7.26. The molecular formula is C27H26N2O3. The maximum atomic E-state index is 14.3. The second kappa shape index (κ2) is 7.38. The first kappa shape index (κ1) is 19.4. The van der Waals surface area contributed by atoms with Crippen molar-refractivity contribution >= 4 is 11.6 Å². The summed E-state index contributed by atoms with van der Waals surface area (Å²) in [6.45, 7) is 0.563. The van der Waals surface area contributed by atoms with Crippen LogP contribution < -0.4 is 10.1 Å². The van der Waals surface area contributed by atoms with Crippen molar-refractivity contribution in [2.24, 2.45) is 5.41 Å². The van der Waals surface area contributed by atoms with E-state index in [0.717, 1.165) is 29.0 Å². The highest BCUT2D eigenvalue weighted by Gasteiger charge is 2.61. The van der Waals surface area contributed by atoms with Crippen LogP contribution in [0.1, 0.15) is 35.4 Å². The van der Waals surface area contributed by atoms with Crippen molar-refractivity contribution in [2.45, 2.75) is 31.2 Å². The van der Waals surface area contributed by atoms with Gasteiger partial charge in [0, 0.05) is 16.8 Å². The Morgan fingerprint density at radius 1 is 1.00 bits per heavy atom. The van der Waals surface area contributed by atoms with Gasteiger partial charge in [0.15, 0.2) is 6.23 Å². The van der Waals surface area contributed by atoms with Gasteiger partial charge in [0.05, 0.1) is 31.2 Å². The lowest BCUT2D eigenvalue weighted by molar-refractivity contribution is -0.143. The van der Waals surface area contributed by atoms with Crippen molar-refractivity contribution in [3.05, 3.63) is 95.6 Å². The van der Waals surface area contributed by atoms with E-state index in [1.54, 1.807) is 7.11 Å². The fourth-order valence-electron chi connectivity index (χ4n) is 5.84. The fourth-order valence-corrected chi connectivity index (χ4v) is 5.84. The number of carbonyl (C=O) groups excluding carboxylic acids is 1. The molecule has 4 atom stereocenters. The van der Waals surface area contributed by atoms with E-state index in [2.05, 4.69) is 23.5 Å². The summed E-state index contributed by atoms with van der Waals surface area (Å²) in [6.07, 6.45) is 1.12. The van der Waals surface area contributed by atoms with Crippen molar-refractivity contribution in [1.29, 1.82) is 0 Å². The molecule has 5 nitrogen and oxygen atoms in total. The Labute approximate surface area is 188 Å². The van der Waals surface area contributed by atoms with Crippen LogP contribution in [0.4, 0.5) is 5.69 Å². The Bertz CT molecular complexity index is 1160. The second-order valence-corrected chi connectivity index (χ2v) is 8.98. The number of nitrogens with one attached hydrogen (secondary N) is 1. The summed E-state index contributed by atoms with van der Waals surface area (Å²) in [6, 6.07) is 26.3. The van der Waals surface area contributed by atoms with Crippen LogP contribution in [0, 0.1) is 5.41 Å². The lowest BCUT2D eigenvalue weighted by Crippen LogP contribution is -2.46. The maximum absolute atomic E-state index is 14.3. The van der Waals surface area contributed by atoms with Gasteiger partial charge in [0.25, 0.3) is 0 Å². The molecule has 0 aromatic heterocycles. The number of nitrogens with zero attached hydrogens (tertiary/aromatic N) is 1. The van der Waals surface area contributed by atoms with E-state index >= 15 is 0 Å². The van der Waals surface area contributed by atoms with E-state index in [0.29, 0.717) is 13.0 Å². The first-order chi connectivity index (χ1) is 15.7. The van der Waals surface area contributed by atoms with Gasteiger partial charge in [-0.3, -0.25) is 4.79 Å². The van der Waals surface area contributed by atoms with Gasteiger partial charge in [-0.15, -0.1) is 0 Å². The number of amides is 1. The molecule has 3 aromatic carbocycles. The fraction of sp³-hybridized carbons (Fsp3) is 0.296. The molecule has 0 bridgehead atoms. The minimum Gasteiger partial charge on any atom is -0.496 e. The highest BCUT2D eigenvalue weighted by atomic mass is 16.5. The van der Waals surface area contributed by atoms with Gasteiger partial charge in [0.2, 0.25) is 5.91 Å². The zero-order valence-electron chi connectivity index (χ0n) is 18.0. The average molecular weight is 427 g/mol. The van der Waals surface area contributed by atoms with Gasteiger partial charge in [-0.1, -0.05) is 66.7 Å². The molecule has 0 saturated carbocycles. The van der Waals surface area contributed by atoms with Crippen LogP contribution in [-0.2, 0) is 16.0 Å². The molecule has 0 radical (unpaired) electrons. The van der Waals surface area contributed by atoms with Crippen LogP contribution in [0.15, 0.2) is 78.9 Å². The second-order valence-electron chi connectivity index (χ2n) is 8.98. The predicted octanol–water partition coefficient (Wildman–Crippen LogP) is 4.72.